The third-order valence-corrected chi connectivity index (χ3v) is 3.18. The van der Waals surface area contributed by atoms with Gasteiger partial charge in [-0.25, -0.2) is 0 Å². The zero-order valence-electron chi connectivity index (χ0n) is 8.35. The molecule has 4 heteroatoms. The molecular formula is C10H17F3O. The number of alkyl halides is 3. The maximum atomic E-state index is 12.2. The van der Waals surface area contributed by atoms with Crippen molar-refractivity contribution in [3.8, 4) is 0 Å². The lowest BCUT2D eigenvalue weighted by Crippen LogP contribution is -2.38. The molecule has 1 saturated carbocycles. The van der Waals surface area contributed by atoms with Crippen molar-refractivity contribution in [3.63, 3.8) is 0 Å². The Kier molecular flexibility index (Phi) is 3.81. The van der Waals surface area contributed by atoms with E-state index in [4.69, 9.17) is 5.11 Å². The van der Waals surface area contributed by atoms with Gasteiger partial charge < -0.3 is 5.11 Å². The third kappa shape index (κ3) is 2.87. The van der Waals surface area contributed by atoms with E-state index >= 15 is 0 Å². The molecular weight excluding hydrogens is 193 g/mol. The lowest BCUT2D eigenvalue weighted by molar-refractivity contribution is -0.223. The number of halogens is 3. The fourth-order valence-electron chi connectivity index (χ4n) is 2.26. The quantitative estimate of drug-likeness (QED) is 0.742. The second-order valence-corrected chi connectivity index (χ2v) is 4.19. The second-order valence-electron chi connectivity index (χ2n) is 4.19. The van der Waals surface area contributed by atoms with Gasteiger partial charge in [0.25, 0.3) is 0 Å². The molecule has 0 aliphatic heterocycles. The van der Waals surface area contributed by atoms with Crippen LogP contribution in [-0.4, -0.2) is 17.4 Å². The van der Waals surface area contributed by atoms with Gasteiger partial charge in [-0.3, -0.25) is 0 Å². The smallest absolute Gasteiger partial charge is 0.383 e. The van der Waals surface area contributed by atoms with Gasteiger partial charge in [0, 0.05) is 0 Å². The molecule has 2 unspecified atom stereocenters. The zero-order chi connectivity index (χ0) is 10.8. The predicted octanol–water partition coefficient (Wildman–Crippen LogP) is 3.13. The summed E-state index contributed by atoms with van der Waals surface area (Å²) in [5.74, 6) is -0.209. The van der Waals surface area contributed by atoms with Crippen LogP contribution in [0.3, 0.4) is 0 Å². The van der Waals surface area contributed by atoms with E-state index in [2.05, 4.69) is 0 Å². The van der Waals surface area contributed by atoms with Crippen molar-refractivity contribution < 1.29 is 18.3 Å². The Hall–Kier alpha value is -0.250. The van der Waals surface area contributed by atoms with E-state index in [1.807, 2.05) is 6.92 Å². The molecule has 84 valence electrons. The molecule has 0 heterocycles. The fraction of sp³-hybridized carbons (Fsp3) is 1.00. The van der Waals surface area contributed by atoms with Gasteiger partial charge in [-0.05, 0) is 24.7 Å². The van der Waals surface area contributed by atoms with Crippen molar-refractivity contribution in [2.45, 2.75) is 51.3 Å². The van der Waals surface area contributed by atoms with Gasteiger partial charge in [0.2, 0.25) is 0 Å². The number of rotatable bonds is 2. The summed E-state index contributed by atoms with van der Waals surface area (Å²) in [5.41, 5.74) is 0. The average molecular weight is 210 g/mol. The summed E-state index contributed by atoms with van der Waals surface area (Å²) in [4.78, 5) is 0. The third-order valence-electron chi connectivity index (χ3n) is 3.18. The van der Waals surface area contributed by atoms with Crippen LogP contribution in [0.4, 0.5) is 13.2 Å². The maximum Gasteiger partial charge on any atom is 0.414 e. The molecule has 1 fully saturated rings. The highest BCUT2D eigenvalue weighted by Crippen LogP contribution is 2.37. The van der Waals surface area contributed by atoms with Crippen molar-refractivity contribution in [3.05, 3.63) is 0 Å². The topological polar surface area (TPSA) is 20.2 Å². The molecule has 3 atom stereocenters. The number of aliphatic hydroxyl groups excluding tert-OH is 1. The van der Waals surface area contributed by atoms with E-state index in [1.54, 1.807) is 0 Å². The summed E-state index contributed by atoms with van der Waals surface area (Å²) in [6.07, 6.45) is -2.78. The summed E-state index contributed by atoms with van der Waals surface area (Å²) in [5, 5.41) is 9.10. The summed E-state index contributed by atoms with van der Waals surface area (Å²) >= 11 is 0. The molecule has 0 aromatic rings. The first kappa shape index (κ1) is 11.8. The van der Waals surface area contributed by atoms with Crippen molar-refractivity contribution in [1.82, 2.24) is 0 Å². The van der Waals surface area contributed by atoms with Gasteiger partial charge >= 0.3 is 6.18 Å². The first-order valence-corrected chi connectivity index (χ1v) is 5.20. The predicted molar refractivity (Wildman–Crippen MR) is 47.8 cm³/mol. The maximum absolute atomic E-state index is 12.2. The van der Waals surface area contributed by atoms with Crippen LogP contribution in [0, 0.1) is 11.8 Å². The summed E-state index contributed by atoms with van der Waals surface area (Å²) in [6, 6.07) is 0. The molecule has 1 rings (SSSR count). The van der Waals surface area contributed by atoms with Gasteiger partial charge in [0.15, 0.2) is 6.10 Å². The van der Waals surface area contributed by atoms with Gasteiger partial charge in [-0.15, -0.1) is 0 Å². The number of aliphatic hydroxyl groups is 1. The van der Waals surface area contributed by atoms with E-state index in [0.717, 1.165) is 19.3 Å². The molecule has 0 aromatic heterocycles. The highest BCUT2D eigenvalue weighted by atomic mass is 19.4. The Morgan fingerprint density at radius 2 is 2.00 bits per heavy atom. The average Bonchev–Trinajstić information content (AvgIpc) is 2.15. The van der Waals surface area contributed by atoms with E-state index in [0.29, 0.717) is 18.8 Å². The van der Waals surface area contributed by atoms with Crippen LogP contribution in [0.25, 0.3) is 0 Å². The van der Waals surface area contributed by atoms with Crippen LogP contribution < -0.4 is 0 Å². The minimum Gasteiger partial charge on any atom is -0.383 e. The van der Waals surface area contributed by atoms with Crippen LogP contribution in [-0.2, 0) is 0 Å². The standard InChI is InChI=1S/C10H17F3O/c1-2-7-4-3-5-8(6-7)9(14)10(11,12)13/h7-9,14H,2-6H2,1H3/t7?,8?,9-/m1/s1. The molecule has 0 amide bonds. The Labute approximate surface area is 82.3 Å². The minimum absolute atomic E-state index is 0.366. The summed E-state index contributed by atoms with van der Waals surface area (Å²) in [7, 11) is 0. The van der Waals surface area contributed by atoms with Gasteiger partial charge in [0.05, 0.1) is 0 Å². The molecule has 0 spiro atoms. The fourth-order valence-corrected chi connectivity index (χ4v) is 2.26. The van der Waals surface area contributed by atoms with Crippen LogP contribution in [0.5, 0.6) is 0 Å². The van der Waals surface area contributed by atoms with Gasteiger partial charge in [-0.2, -0.15) is 13.2 Å². The minimum atomic E-state index is -4.44. The van der Waals surface area contributed by atoms with E-state index in [1.165, 1.54) is 0 Å². The van der Waals surface area contributed by atoms with Crippen molar-refractivity contribution in [2.24, 2.45) is 11.8 Å². The van der Waals surface area contributed by atoms with Crippen molar-refractivity contribution >= 4 is 0 Å². The van der Waals surface area contributed by atoms with Crippen LogP contribution in [0.2, 0.25) is 0 Å². The molecule has 0 aromatic carbocycles. The van der Waals surface area contributed by atoms with E-state index in [-0.39, 0.29) is 0 Å². The molecule has 0 saturated heterocycles. The molecule has 1 nitrogen and oxygen atoms in total. The second kappa shape index (κ2) is 4.51. The lowest BCUT2D eigenvalue weighted by Gasteiger charge is -2.32. The van der Waals surface area contributed by atoms with Crippen molar-refractivity contribution in [1.29, 1.82) is 0 Å². The number of hydrogen-bond acceptors (Lipinski definition) is 1. The Morgan fingerprint density at radius 1 is 1.36 bits per heavy atom. The Morgan fingerprint density at radius 3 is 2.50 bits per heavy atom. The lowest BCUT2D eigenvalue weighted by atomic mass is 9.77. The Bertz CT molecular complexity index is 179. The monoisotopic (exact) mass is 210 g/mol. The van der Waals surface area contributed by atoms with E-state index in [9.17, 15) is 13.2 Å². The van der Waals surface area contributed by atoms with Gasteiger partial charge in [0.1, 0.15) is 0 Å². The molecule has 1 aliphatic rings. The van der Waals surface area contributed by atoms with Crippen LogP contribution in [0.1, 0.15) is 39.0 Å². The van der Waals surface area contributed by atoms with Crippen LogP contribution in [0.15, 0.2) is 0 Å². The normalized spacial score (nSPS) is 31.5. The highest BCUT2D eigenvalue weighted by molar-refractivity contribution is 4.81. The Balaban J connectivity index is 2.51. The van der Waals surface area contributed by atoms with E-state index < -0.39 is 18.2 Å². The zero-order valence-corrected chi connectivity index (χ0v) is 8.35. The highest BCUT2D eigenvalue weighted by Gasteiger charge is 2.44. The molecule has 1 N–H and O–H groups in total. The van der Waals surface area contributed by atoms with Gasteiger partial charge in [-0.1, -0.05) is 26.2 Å². The SMILES string of the molecule is CCC1CCCC([C@@H](O)C(F)(F)F)C1. The van der Waals surface area contributed by atoms with Crippen molar-refractivity contribution in [2.75, 3.05) is 0 Å². The molecule has 0 bridgehead atoms. The molecule has 0 radical (unpaired) electrons. The molecule has 14 heavy (non-hydrogen) atoms. The summed E-state index contributed by atoms with van der Waals surface area (Å²) in [6.45, 7) is 1.99. The largest absolute Gasteiger partial charge is 0.414 e. The summed E-state index contributed by atoms with van der Waals surface area (Å²) < 4.78 is 36.6. The first-order chi connectivity index (χ1) is 6.45. The van der Waals surface area contributed by atoms with Crippen LogP contribution >= 0.6 is 0 Å². The molecule has 1 aliphatic carbocycles. The number of hydrogen-bond donors (Lipinski definition) is 1. The first-order valence-electron chi connectivity index (χ1n) is 5.20.